The fourth-order valence-electron chi connectivity index (χ4n) is 1.44. The van der Waals surface area contributed by atoms with Gasteiger partial charge in [-0.2, -0.15) is 0 Å². The molecule has 0 spiro atoms. The molecule has 1 unspecified atom stereocenters. The van der Waals surface area contributed by atoms with Gasteiger partial charge in [0.1, 0.15) is 11.8 Å². The zero-order valence-corrected chi connectivity index (χ0v) is 12.6. The van der Waals surface area contributed by atoms with Gasteiger partial charge in [-0.25, -0.2) is 4.79 Å². The molecule has 20 heavy (non-hydrogen) atoms. The molecule has 7 heteroatoms. The second-order valence-corrected chi connectivity index (χ2v) is 4.76. The number of benzene rings is 1. The summed E-state index contributed by atoms with van der Waals surface area (Å²) in [4.78, 5) is 23.0. The van der Waals surface area contributed by atoms with Crippen LogP contribution >= 0.6 is 23.2 Å². The fourth-order valence-corrected chi connectivity index (χ4v) is 1.90. The Morgan fingerprint density at radius 3 is 2.60 bits per heavy atom. The predicted octanol–water partition coefficient (Wildman–Crippen LogP) is 2.44. The molecule has 1 amide bonds. The van der Waals surface area contributed by atoms with E-state index in [9.17, 15) is 9.59 Å². The molecule has 0 fully saturated rings. The van der Waals surface area contributed by atoms with E-state index in [0.29, 0.717) is 22.2 Å². The van der Waals surface area contributed by atoms with E-state index in [4.69, 9.17) is 27.9 Å². The van der Waals surface area contributed by atoms with E-state index in [1.165, 1.54) is 13.2 Å². The van der Waals surface area contributed by atoms with Crippen molar-refractivity contribution in [3.05, 3.63) is 28.2 Å². The molecule has 0 aliphatic carbocycles. The summed E-state index contributed by atoms with van der Waals surface area (Å²) in [6, 6.07) is 4.00. The number of nitrogens with one attached hydrogen (secondary N) is 1. The first kappa shape index (κ1) is 16.6. The molecular formula is C13H15Cl2NO4. The van der Waals surface area contributed by atoms with Gasteiger partial charge in [-0.05, 0) is 24.6 Å². The summed E-state index contributed by atoms with van der Waals surface area (Å²) in [5.41, 5.74) is 0. The van der Waals surface area contributed by atoms with Gasteiger partial charge in [-0.3, -0.25) is 4.79 Å². The van der Waals surface area contributed by atoms with Crippen molar-refractivity contribution in [1.82, 2.24) is 5.32 Å². The normalized spacial score (nSPS) is 11.6. The lowest BCUT2D eigenvalue weighted by Crippen LogP contribution is -2.43. The number of halogens is 2. The zero-order valence-electron chi connectivity index (χ0n) is 11.1. The molecule has 5 nitrogen and oxygen atoms in total. The standard InChI is InChI=1S/C13H15Cl2NO4/c1-3-10(13(18)19-2)16-12(17)7-20-11-5-4-8(14)6-9(11)15/h4-6,10H,3,7H2,1-2H3,(H,16,17). The number of carbonyl (C=O) groups excluding carboxylic acids is 2. The van der Waals surface area contributed by atoms with Crippen LogP contribution in [0.3, 0.4) is 0 Å². The molecule has 1 aromatic carbocycles. The van der Waals surface area contributed by atoms with Crippen molar-refractivity contribution in [2.24, 2.45) is 0 Å². The number of hydrogen-bond acceptors (Lipinski definition) is 4. The SMILES string of the molecule is CCC(NC(=O)COc1ccc(Cl)cc1Cl)C(=O)OC. The number of carbonyl (C=O) groups is 2. The lowest BCUT2D eigenvalue weighted by atomic mass is 10.2. The maximum Gasteiger partial charge on any atom is 0.328 e. The van der Waals surface area contributed by atoms with Crippen LogP contribution in [0.1, 0.15) is 13.3 Å². The van der Waals surface area contributed by atoms with Crippen molar-refractivity contribution in [3.63, 3.8) is 0 Å². The first-order valence-electron chi connectivity index (χ1n) is 5.93. The van der Waals surface area contributed by atoms with Crippen molar-refractivity contribution in [3.8, 4) is 5.75 Å². The maximum atomic E-state index is 11.7. The fraction of sp³-hybridized carbons (Fsp3) is 0.385. The molecule has 1 N–H and O–H groups in total. The molecule has 0 saturated carbocycles. The predicted molar refractivity (Wildman–Crippen MR) is 76.2 cm³/mol. The molecule has 0 bridgehead atoms. The molecule has 1 aromatic rings. The maximum absolute atomic E-state index is 11.7. The summed E-state index contributed by atoms with van der Waals surface area (Å²) in [5.74, 6) is -0.587. The van der Waals surface area contributed by atoms with Crippen molar-refractivity contribution < 1.29 is 19.1 Å². The molecule has 1 rings (SSSR count). The first-order chi connectivity index (χ1) is 9.47. The molecule has 0 radical (unpaired) electrons. The van der Waals surface area contributed by atoms with Gasteiger partial charge in [0.15, 0.2) is 6.61 Å². The number of ether oxygens (including phenoxy) is 2. The monoisotopic (exact) mass is 319 g/mol. The Kier molecular flexibility index (Phi) is 6.61. The van der Waals surface area contributed by atoms with Gasteiger partial charge in [0.25, 0.3) is 5.91 Å². The lowest BCUT2D eigenvalue weighted by Gasteiger charge is -2.15. The van der Waals surface area contributed by atoms with E-state index in [0.717, 1.165) is 0 Å². The highest BCUT2D eigenvalue weighted by molar-refractivity contribution is 6.35. The van der Waals surface area contributed by atoms with Crippen LogP contribution in [-0.2, 0) is 14.3 Å². The summed E-state index contributed by atoms with van der Waals surface area (Å²) in [6.07, 6.45) is 0.431. The van der Waals surface area contributed by atoms with Crippen LogP contribution in [0.2, 0.25) is 10.0 Å². The van der Waals surface area contributed by atoms with Crippen LogP contribution < -0.4 is 10.1 Å². The van der Waals surface area contributed by atoms with Crippen LogP contribution in [0.25, 0.3) is 0 Å². The molecule has 0 saturated heterocycles. The lowest BCUT2D eigenvalue weighted by molar-refractivity contribution is -0.145. The third-order valence-electron chi connectivity index (χ3n) is 2.48. The minimum Gasteiger partial charge on any atom is -0.482 e. The molecule has 1 atom stereocenters. The van der Waals surface area contributed by atoms with Crippen LogP contribution in [0.15, 0.2) is 18.2 Å². The molecule has 0 aliphatic rings. The zero-order chi connectivity index (χ0) is 15.1. The Hall–Kier alpha value is -1.46. The Balaban J connectivity index is 2.52. The number of rotatable bonds is 6. The Morgan fingerprint density at radius 2 is 2.05 bits per heavy atom. The number of hydrogen-bond donors (Lipinski definition) is 1. The highest BCUT2D eigenvalue weighted by Crippen LogP contribution is 2.27. The third-order valence-corrected chi connectivity index (χ3v) is 3.01. The van der Waals surface area contributed by atoms with Crippen molar-refractivity contribution >= 4 is 35.1 Å². The van der Waals surface area contributed by atoms with E-state index in [1.807, 2.05) is 0 Å². The summed E-state index contributed by atoms with van der Waals surface area (Å²) in [5, 5.41) is 3.30. The number of methoxy groups -OCH3 is 1. The average molecular weight is 320 g/mol. The average Bonchev–Trinajstić information content (AvgIpc) is 2.43. The van der Waals surface area contributed by atoms with E-state index in [-0.39, 0.29) is 6.61 Å². The van der Waals surface area contributed by atoms with Crippen molar-refractivity contribution in [2.45, 2.75) is 19.4 Å². The van der Waals surface area contributed by atoms with Gasteiger partial charge in [-0.1, -0.05) is 30.1 Å². The second-order valence-electron chi connectivity index (χ2n) is 3.91. The summed E-state index contributed by atoms with van der Waals surface area (Å²) >= 11 is 11.7. The smallest absolute Gasteiger partial charge is 0.328 e. The van der Waals surface area contributed by atoms with E-state index >= 15 is 0 Å². The molecule has 0 aromatic heterocycles. The highest BCUT2D eigenvalue weighted by Gasteiger charge is 2.19. The van der Waals surface area contributed by atoms with Crippen LogP contribution in [0.5, 0.6) is 5.75 Å². The Bertz CT molecular complexity index is 493. The quantitative estimate of drug-likeness (QED) is 0.818. The van der Waals surface area contributed by atoms with Gasteiger partial charge in [0.05, 0.1) is 12.1 Å². The first-order valence-corrected chi connectivity index (χ1v) is 6.68. The number of esters is 1. The Labute approximate surface area is 127 Å². The van der Waals surface area contributed by atoms with Gasteiger partial charge in [0, 0.05) is 5.02 Å². The number of amides is 1. The van der Waals surface area contributed by atoms with Crippen LogP contribution in [-0.4, -0.2) is 31.6 Å². The molecule has 110 valence electrons. The summed E-state index contributed by atoms with van der Waals surface area (Å²) < 4.78 is 9.83. The third kappa shape index (κ3) is 4.90. The van der Waals surface area contributed by atoms with Gasteiger partial charge < -0.3 is 14.8 Å². The molecule has 0 heterocycles. The van der Waals surface area contributed by atoms with Crippen molar-refractivity contribution in [2.75, 3.05) is 13.7 Å². The highest BCUT2D eigenvalue weighted by atomic mass is 35.5. The largest absolute Gasteiger partial charge is 0.482 e. The van der Waals surface area contributed by atoms with Crippen LogP contribution in [0, 0.1) is 0 Å². The minimum absolute atomic E-state index is 0.255. The van der Waals surface area contributed by atoms with E-state index in [2.05, 4.69) is 10.1 Å². The van der Waals surface area contributed by atoms with Crippen molar-refractivity contribution in [1.29, 1.82) is 0 Å². The summed E-state index contributed by atoms with van der Waals surface area (Å²) in [6.45, 7) is 1.51. The summed E-state index contributed by atoms with van der Waals surface area (Å²) in [7, 11) is 1.27. The minimum atomic E-state index is -0.684. The van der Waals surface area contributed by atoms with E-state index < -0.39 is 17.9 Å². The second kappa shape index (κ2) is 7.97. The molecular weight excluding hydrogens is 305 g/mol. The molecule has 0 aliphatic heterocycles. The Morgan fingerprint density at radius 1 is 1.35 bits per heavy atom. The van der Waals surface area contributed by atoms with Gasteiger partial charge in [-0.15, -0.1) is 0 Å². The van der Waals surface area contributed by atoms with Crippen LogP contribution in [0.4, 0.5) is 0 Å². The topological polar surface area (TPSA) is 64.6 Å². The van der Waals surface area contributed by atoms with Gasteiger partial charge >= 0.3 is 5.97 Å². The van der Waals surface area contributed by atoms with E-state index in [1.54, 1.807) is 19.1 Å². The van der Waals surface area contributed by atoms with Gasteiger partial charge in [0.2, 0.25) is 0 Å².